The Morgan fingerprint density at radius 1 is 1.60 bits per heavy atom. The highest BCUT2D eigenvalue weighted by atomic mass is 79.9. The van der Waals surface area contributed by atoms with Gasteiger partial charge in [0.25, 0.3) is 5.91 Å². The van der Waals surface area contributed by atoms with Gasteiger partial charge in [0.15, 0.2) is 0 Å². The summed E-state index contributed by atoms with van der Waals surface area (Å²) in [5.74, 6) is -0.00148. The molecule has 1 aliphatic heterocycles. The lowest BCUT2D eigenvalue weighted by Gasteiger charge is -2.37. The van der Waals surface area contributed by atoms with Crippen molar-refractivity contribution in [2.45, 2.75) is 39.0 Å². The number of carbonyl (C=O) groups excluding carboxylic acids is 1. The zero-order valence-corrected chi connectivity index (χ0v) is 13.5. The van der Waals surface area contributed by atoms with Crippen LogP contribution in [0.2, 0.25) is 0 Å². The Balaban J connectivity index is 2.21. The number of ether oxygens (including phenoxy) is 1. The molecule has 0 radical (unpaired) electrons. The van der Waals surface area contributed by atoms with Gasteiger partial charge in [-0.25, -0.2) is 0 Å². The van der Waals surface area contributed by atoms with Gasteiger partial charge < -0.3 is 19.3 Å². The van der Waals surface area contributed by atoms with Crippen LogP contribution in [0.3, 0.4) is 0 Å². The van der Waals surface area contributed by atoms with E-state index in [1.807, 2.05) is 23.8 Å². The summed E-state index contributed by atoms with van der Waals surface area (Å²) in [5.41, 5.74) is 0.684. The predicted octanol–water partition coefficient (Wildman–Crippen LogP) is 1.88. The van der Waals surface area contributed by atoms with Gasteiger partial charge in [0.05, 0.1) is 25.4 Å². The molecule has 112 valence electrons. The third kappa shape index (κ3) is 3.24. The molecular weight excluding hydrogens is 324 g/mol. The minimum atomic E-state index is -0.284. The molecule has 1 saturated heterocycles. The predicted molar refractivity (Wildman–Crippen MR) is 79.7 cm³/mol. The smallest absolute Gasteiger partial charge is 0.270 e. The van der Waals surface area contributed by atoms with Crippen molar-refractivity contribution < 1.29 is 14.6 Å². The van der Waals surface area contributed by atoms with E-state index in [0.29, 0.717) is 18.8 Å². The summed E-state index contributed by atoms with van der Waals surface area (Å²) >= 11 is 3.43. The topological polar surface area (TPSA) is 54.7 Å². The second kappa shape index (κ2) is 6.74. The molecule has 1 amide bonds. The highest BCUT2D eigenvalue weighted by Gasteiger charge is 2.31. The Kier molecular flexibility index (Phi) is 5.23. The number of hydrogen-bond donors (Lipinski definition) is 1. The van der Waals surface area contributed by atoms with Crippen LogP contribution in [0.4, 0.5) is 0 Å². The van der Waals surface area contributed by atoms with E-state index in [-0.39, 0.29) is 24.7 Å². The van der Waals surface area contributed by atoms with E-state index in [1.165, 1.54) is 0 Å². The van der Waals surface area contributed by atoms with E-state index in [1.54, 1.807) is 4.90 Å². The van der Waals surface area contributed by atoms with E-state index in [0.717, 1.165) is 17.4 Å². The van der Waals surface area contributed by atoms with Gasteiger partial charge in [-0.05, 0) is 35.3 Å². The molecule has 5 nitrogen and oxygen atoms in total. The number of aromatic nitrogens is 1. The van der Waals surface area contributed by atoms with Crippen LogP contribution in [0.5, 0.6) is 0 Å². The Hall–Kier alpha value is -0.850. The number of amides is 1. The summed E-state index contributed by atoms with van der Waals surface area (Å²) in [6.45, 7) is 5.71. The summed E-state index contributed by atoms with van der Waals surface area (Å²) < 4.78 is 8.36. The van der Waals surface area contributed by atoms with Crippen LogP contribution in [-0.2, 0) is 11.3 Å². The SMILES string of the molecule is CCCn1cc(Br)cc1C(=O)N1CC(CO)OCC1C. The Bertz CT molecular complexity index is 475. The van der Waals surface area contributed by atoms with Crippen molar-refractivity contribution in [2.75, 3.05) is 19.8 Å². The van der Waals surface area contributed by atoms with Crippen LogP contribution >= 0.6 is 15.9 Å². The van der Waals surface area contributed by atoms with Crippen molar-refractivity contribution in [2.24, 2.45) is 0 Å². The first-order chi connectivity index (χ1) is 9.56. The minimum absolute atomic E-state index is 0.00148. The summed E-state index contributed by atoms with van der Waals surface area (Å²) in [5, 5.41) is 9.21. The quantitative estimate of drug-likeness (QED) is 0.907. The van der Waals surface area contributed by atoms with Crippen LogP contribution in [0, 0.1) is 0 Å². The maximum atomic E-state index is 12.7. The van der Waals surface area contributed by atoms with Gasteiger partial charge in [-0.3, -0.25) is 4.79 Å². The molecule has 2 rings (SSSR count). The largest absolute Gasteiger partial charge is 0.394 e. The maximum absolute atomic E-state index is 12.7. The minimum Gasteiger partial charge on any atom is -0.394 e. The molecule has 6 heteroatoms. The van der Waals surface area contributed by atoms with Crippen LogP contribution in [0.25, 0.3) is 0 Å². The normalized spacial score (nSPS) is 23.1. The first-order valence-corrected chi connectivity index (χ1v) is 7.75. The lowest BCUT2D eigenvalue weighted by molar-refractivity contribution is -0.0669. The molecule has 20 heavy (non-hydrogen) atoms. The molecule has 0 spiro atoms. The Labute approximate surface area is 127 Å². The molecule has 1 fully saturated rings. The average Bonchev–Trinajstić information content (AvgIpc) is 2.80. The Morgan fingerprint density at radius 2 is 2.35 bits per heavy atom. The molecule has 0 aromatic carbocycles. The van der Waals surface area contributed by atoms with Crippen LogP contribution in [0.15, 0.2) is 16.7 Å². The molecule has 1 aromatic heterocycles. The standard InChI is InChI=1S/C14H21BrN2O3/c1-3-4-16-6-11(15)5-13(16)14(19)17-7-12(8-18)20-9-10(17)2/h5-6,10,12,18H,3-4,7-9H2,1-2H3. The second-order valence-electron chi connectivity index (χ2n) is 5.18. The molecule has 0 saturated carbocycles. The molecule has 0 aliphatic carbocycles. The number of aliphatic hydroxyl groups is 1. The van der Waals surface area contributed by atoms with E-state index in [9.17, 15) is 9.90 Å². The fourth-order valence-corrected chi connectivity index (χ4v) is 2.90. The Morgan fingerprint density at radius 3 is 3.00 bits per heavy atom. The fourth-order valence-electron chi connectivity index (χ4n) is 2.44. The van der Waals surface area contributed by atoms with Gasteiger partial charge in [-0.1, -0.05) is 6.92 Å². The molecule has 1 N–H and O–H groups in total. The second-order valence-corrected chi connectivity index (χ2v) is 6.10. The first kappa shape index (κ1) is 15.5. The number of halogens is 1. The lowest BCUT2D eigenvalue weighted by Crippen LogP contribution is -2.52. The van der Waals surface area contributed by atoms with Gasteiger partial charge in [0.1, 0.15) is 5.69 Å². The number of rotatable bonds is 4. The van der Waals surface area contributed by atoms with E-state index in [2.05, 4.69) is 22.9 Å². The molecule has 1 aliphatic rings. The van der Waals surface area contributed by atoms with E-state index in [4.69, 9.17) is 4.74 Å². The van der Waals surface area contributed by atoms with Gasteiger partial charge in [-0.15, -0.1) is 0 Å². The van der Waals surface area contributed by atoms with Gasteiger partial charge in [0.2, 0.25) is 0 Å². The molecule has 0 bridgehead atoms. The summed E-state index contributed by atoms with van der Waals surface area (Å²) in [4.78, 5) is 14.5. The van der Waals surface area contributed by atoms with E-state index >= 15 is 0 Å². The number of nitrogens with zero attached hydrogens (tertiary/aromatic N) is 2. The number of hydrogen-bond acceptors (Lipinski definition) is 3. The van der Waals surface area contributed by atoms with E-state index < -0.39 is 0 Å². The molecule has 2 unspecified atom stereocenters. The molecule has 1 aromatic rings. The zero-order valence-electron chi connectivity index (χ0n) is 11.9. The molecular formula is C14H21BrN2O3. The van der Waals surface area contributed by atoms with Gasteiger partial charge in [0, 0.05) is 23.8 Å². The van der Waals surface area contributed by atoms with Gasteiger partial charge in [-0.2, -0.15) is 0 Å². The van der Waals surface area contributed by atoms with Crippen molar-refractivity contribution in [3.05, 3.63) is 22.4 Å². The van der Waals surface area contributed by atoms with Crippen LogP contribution in [0.1, 0.15) is 30.8 Å². The fraction of sp³-hybridized carbons (Fsp3) is 0.643. The number of aliphatic hydroxyl groups excluding tert-OH is 1. The number of carbonyl (C=O) groups is 1. The summed E-state index contributed by atoms with van der Waals surface area (Å²) in [7, 11) is 0. The summed E-state index contributed by atoms with van der Waals surface area (Å²) in [6.07, 6.45) is 2.62. The lowest BCUT2D eigenvalue weighted by atomic mass is 10.2. The average molecular weight is 345 g/mol. The number of morpholine rings is 1. The highest BCUT2D eigenvalue weighted by Crippen LogP contribution is 2.20. The van der Waals surface area contributed by atoms with Crippen LogP contribution in [-0.4, -0.2) is 52.4 Å². The third-order valence-electron chi connectivity index (χ3n) is 3.52. The zero-order chi connectivity index (χ0) is 14.7. The first-order valence-electron chi connectivity index (χ1n) is 6.96. The monoisotopic (exact) mass is 344 g/mol. The van der Waals surface area contributed by atoms with Crippen molar-refractivity contribution in [3.63, 3.8) is 0 Å². The van der Waals surface area contributed by atoms with Crippen molar-refractivity contribution in [1.82, 2.24) is 9.47 Å². The van der Waals surface area contributed by atoms with Crippen molar-refractivity contribution in [3.8, 4) is 0 Å². The highest BCUT2D eigenvalue weighted by molar-refractivity contribution is 9.10. The van der Waals surface area contributed by atoms with Crippen molar-refractivity contribution in [1.29, 1.82) is 0 Å². The van der Waals surface area contributed by atoms with Crippen molar-refractivity contribution >= 4 is 21.8 Å². The molecule has 2 heterocycles. The third-order valence-corrected chi connectivity index (χ3v) is 3.95. The number of aryl methyl sites for hydroxylation is 1. The molecule has 2 atom stereocenters. The maximum Gasteiger partial charge on any atom is 0.270 e. The van der Waals surface area contributed by atoms with Gasteiger partial charge >= 0.3 is 0 Å². The van der Waals surface area contributed by atoms with Crippen LogP contribution < -0.4 is 0 Å². The summed E-state index contributed by atoms with van der Waals surface area (Å²) in [6, 6.07) is 1.88.